The Morgan fingerprint density at radius 2 is 1.90 bits per heavy atom. The number of ether oxygens (including phenoxy) is 2. The molecule has 112 valence electrons. The quantitative estimate of drug-likeness (QED) is 0.746. The van der Waals surface area contributed by atoms with E-state index in [1.54, 1.807) is 7.11 Å². The van der Waals surface area contributed by atoms with Gasteiger partial charge in [0.05, 0.1) is 18.2 Å². The van der Waals surface area contributed by atoms with Gasteiger partial charge in [-0.15, -0.1) is 0 Å². The number of hydrogen-bond acceptors (Lipinski definition) is 3. The van der Waals surface area contributed by atoms with Crippen molar-refractivity contribution < 1.29 is 9.47 Å². The highest BCUT2D eigenvalue weighted by molar-refractivity contribution is 5.30. The molecule has 3 heteroatoms. The van der Waals surface area contributed by atoms with Crippen LogP contribution in [0.15, 0.2) is 24.3 Å². The van der Waals surface area contributed by atoms with Crippen LogP contribution in [-0.2, 0) is 4.74 Å². The van der Waals surface area contributed by atoms with Gasteiger partial charge in [-0.1, -0.05) is 32.4 Å². The summed E-state index contributed by atoms with van der Waals surface area (Å²) in [4.78, 5) is 0. The van der Waals surface area contributed by atoms with E-state index in [2.05, 4.69) is 43.4 Å². The molecule has 0 saturated heterocycles. The molecule has 2 atom stereocenters. The van der Waals surface area contributed by atoms with Crippen molar-refractivity contribution in [2.75, 3.05) is 13.7 Å². The third-order valence-electron chi connectivity index (χ3n) is 3.74. The predicted molar refractivity (Wildman–Crippen MR) is 82.2 cm³/mol. The largest absolute Gasteiger partial charge is 0.490 e. The summed E-state index contributed by atoms with van der Waals surface area (Å²) in [5.74, 6) is 0.982. The number of likely N-dealkylation sites (N-methyl/N-ethyl adjacent to an activating group) is 1. The van der Waals surface area contributed by atoms with E-state index < -0.39 is 0 Å². The van der Waals surface area contributed by atoms with Gasteiger partial charge in [-0.2, -0.15) is 0 Å². The van der Waals surface area contributed by atoms with Gasteiger partial charge in [-0.25, -0.2) is 0 Å². The summed E-state index contributed by atoms with van der Waals surface area (Å²) in [6.45, 7) is 5.27. The molecule has 2 rings (SSSR count). The zero-order valence-electron chi connectivity index (χ0n) is 12.9. The molecular formula is C17H27NO2. The molecule has 1 N–H and O–H groups in total. The first kappa shape index (κ1) is 15.3. The lowest BCUT2D eigenvalue weighted by molar-refractivity contribution is 0.0611. The van der Waals surface area contributed by atoms with Gasteiger partial charge in [0.1, 0.15) is 5.75 Å². The molecule has 1 aromatic rings. The fraction of sp³-hybridized carbons (Fsp3) is 0.647. The van der Waals surface area contributed by atoms with Crippen LogP contribution >= 0.6 is 0 Å². The second kappa shape index (κ2) is 7.65. The van der Waals surface area contributed by atoms with Crippen molar-refractivity contribution in [3.05, 3.63) is 29.8 Å². The first-order valence-corrected chi connectivity index (χ1v) is 7.81. The summed E-state index contributed by atoms with van der Waals surface area (Å²) < 4.78 is 11.5. The lowest BCUT2D eigenvalue weighted by atomic mass is 9.98. The van der Waals surface area contributed by atoms with E-state index in [9.17, 15) is 0 Å². The predicted octanol–water partition coefficient (Wildman–Crippen LogP) is 3.69. The highest BCUT2D eigenvalue weighted by Gasteiger charge is 2.24. The van der Waals surface area contributed by atoms with Gasteiger partial charge in [0.15, 0.2) is 0 Å². The summed E-state index contributed by atoms with van der Waals surface area (Å²) in [5.41, 5.74) is 1.27. The number of methoxy groups -OCH3 is 1. The number of benzene rings is 1. The third kappa shape index (κ3) is 4.22. The van der Waals surface area contributed by atoms with Crippen molar-refractivity contribution in [1.29, 1.82) is 0 Å². The number of hydrogen-bond donors (Lipinski definition) is 1. The molecule has 1 saturated carbocycles. The summed E-state index contributed by atoms with van der Waals surface area (Å²) in [6.07, 6.45) is 5.26. The summed E-state index contributed by atoms with van der Waals surface area (Å²) >= 11 is 0. The highest BCUT2D eigenvalue weighted by Crippen LogP contribution is 2.29. The Morgan fingerprint density at radius 3 is 2.40 bits per heavy atom. The fourth-order valence-corrected chi connectivity index (χ4v) is 2.52. The lowest BCUT2D eigenvalue weighted by Gasteiger charge is -2.27. The van der Waals surface area contributed by atoms with E-state index in [1.807, 2.05) is 0 Å². The molecule has 0 aromatic heterocycles. The van der Waals surface area contributed by atoms with Crippen LogP contribution in [0, 0.1) is 0 Å². The summed E-state index contributed by atoms with van der Waals surface area (Å²) in [6, 6.07) is 8.73. The van der Waals surface area contributed by atoms with E-state index in [4.69, 9.17) is 9.47 Å². The molecule has 0 radical (unpaired) electrons. The Bertz CT molecular complexity index is 386. The molecule has 1 aliphatic rings. The van der Waals surface area contributed by atoms with Crippen molar-refractivity contribution in [2.45, 2.75) is 57.8 Å². The van der Waals surface area contributed by atoms with Gasteiger partial charge in [0, 0.05) is 7.11 Å². The zero-order valence-corrected chi connectivity index (χ0v) is 12.9. The molecule has 0 bridgehead atoms. The second-order valence-corrected chi connectivity index (χ2v) is 5.48. The molecule has 0 aliphatic heterocycles. The van der Waals surface area contributed by atoms with E-state index in [-0.39, 0.29) is 12.1 Å². The van der Waals surface area contributed by atoms with Crippen LogP contribution in [0.2, 0.25) is 0 Å². The van der Waals surface area contributed by atoms with Crippen LogP contribution in [0.25, 0.3) is 0 Å². The van der Waals surface area contributed by atoms with Crippen molar-refractivity contribution in [3.63, 3.8) is 0 Å². The Morgan fingerprint density at radius 1 is 1.20 bits per heavy atom. The van der Waals surface area contributed by atoms with Gasteiger partial charge < -0.3 is 14.8 Å². The molecule has 0 amide bonds. The van der Waals surface area contributed by atoms with Crippen molar-refractivity contribution in [3.8, 4) is 5.75 Å². The number of rotatable bonds is 9. The van der Waals surface area contributed by atoms with E-state index in [0.29, 0.717) is 6.10 Å². The lowest BCUT2D eigenvalue weighted by Crippen LogP contribution is -2.33. The Labute approximate surface area is 122 Å². The monoisotopic (exact) mass is 277 g/mol. The summed E-state index contributed by atoms with van der Waals surface area (Å²) in [5, 5.41) is 3.54. The summed E-state index contributed by atoms with van der Waals surface area (Å²) in [7, 11) is 1.80. The Balaban J connectivity index is 2.06. The average Bonchev–Trinajstić information content (AvgIpc) is 3.28. The van der Waals surface area contributed by atoms with Gasteiger partial charge in [0.2, 0.25) is 0 Å². The normalized spacial score (nSPS) is 17.8. The molecule has 2 unspecified atom stereocenters. The highest BCUT2D eigenvalue weighted by atomic mass is 16.5. The van der Waals surface area contributed by atoms with Gasteiger partial charge in [0.25, 0.3) is 0 Å². The standard InChI is InChI=1S/C17H27NO2/c1-4-6-16(19-3)17(18-5-2)13-7-9-14(10-8-13)20-15-11-12-15/h7-10,15-18H,4-6,11-12H2,1-3H3. The number of nitrogens with one attached hydrogen (secondary N) is 1. The van der Waals surface area contributed by atoms with Crippen LogP contribution < -0.4 is 10.1 Å². The van der Waals surface area contributed by atoms with Gasteiger partial charge >= 0.3 is 0 Å². The van der Waals surface area contributed by atoms with Crippen LogP contribution in [0.4, 0.5) is 0 Å². The van der Waals surface area contributed by atoms with E-state index in [0.717, 1.165) is 25.1 Å². The molecule has 20 heavy (non-hydrogen) atoms. The SMILES string of the molecule is CCCC(OC)C(NCC)c1ccc(OC2CC2)cc1. The van der Waals surface area contributed by atoms with Gasteiger partial charge in [-0.05, 0) is 43.5 Å². The first-order valence-electron chi connectivity index (χ1n) is 7.81. The average molecular weight is 277 g/mol. The molecule has 1 fully saturated rings. The topological polar surface area (TPSA) is 30.5 Å². The maximum atomic E-state index is 5.80. The first-order chi connectivity index (χ1) is 9.78. The maximum absolute atomic E-state index is 5.80. The molecule has 0 heterocycles. The zero-order chi connectivity index (χ0) is 14.4. The van der Waals surface area contributed by atoms with E-state index in [1.165, 1.54) is 18.4 Å². The molecule has 3 nitrogen and oxygen atoms in total. The Kier molecular flexibility index (Phi) is 5.86. The van der Waals surface area contributed by atoms with Crippen molar-refractivity contribution in [1.82, 2.24) is 5.32 Å². The van der Waals surface area contributed by atoms with Crippen LogP contribution in [-0.4, -0.2) is 25.9 Å². The van der Waals surface area contributed by atoms with Crippen LogP contribution in [0.1, 0.15) is 51.1 Å². The molecular weight excluding hydrogens is 250 g/mol. The molecule has 0 spiro atoms. The second-order valence-electron chi connectivity index (χ2n) is 5.48. The van der Waals surface area contributed by atoms with Gasteiger partial charge in [-0.3, -0.25) is 0 Å². The Hall–Kier alpha value is -1.06. The minimum Gasteiger partial charge on any atom is -0.490 e. The van der Waals surface area contributed by atoms with E-state index >= 15 is 0 Å². The molecule has 1 aromatic carbocycles. The minimum absolute atomic E-state index is 0.218. The van der Waals surface area contributed by atoms with Crippen molar-refractivity contribution >= 4 is 0 Å². The smallest absolute Gasteiger partial charge is 0.119 e. The fourth-order valence-electron chi connectivity index (χ4n) is 2.52. The minimum atomic E-state index is 0.218. The molecule has 1 aliphatic carbocycles. The van der Waals surface area contributed by atoms with Crippen LogP contribution in [0.5, 0.6) is 5.75 Å². The maximum Gasteiger partial charge on any atom is 0.119 e. The van der Waals surface area contributed by atoms with Crippen LogP contribution in [0.3, 0.4) is 0 Å². The van der Waals surface area contributed by atoms with Crippen molar-refractivity contribution in [2.24, 2.45) is 0 Å². The third-order valence-corrected chi connectivity index (χ3v) is 3.74.